The Morgan fingerprint density at radius 1 is 1.27 bits per heavy atom. The van der Waals surface area contributed by atoms with Gasteiger partial charge in [-0.2, -0.15) is 0 Å². The fourth-order valence-corrected chi connectivity index (χ4v) is 2.36. The number of benzene rings is 1. The molecular weight excluding hydrogens is 213 g/mol. The lowest BCUT2D eigenvalue weighted by Crippen LogP contribution is -1.72. The van der Waals surface area contributed by atoms with E-state index in [9.17, 15) is 4.39 Å². The van der Waals surface area contributed by atoms with Crippen molar-refractivity contribution in [2.24, 2.45) is 0 Å². The molecule has 2 heterocycles. The maximum absolute atomic E-state index is 12.9. The molecule has 74 valence electrons. The van der Waals surface area contributed by atoms with Crippen LogP contribution < -0.4 is 0 Å². The van der Waals surface area contributed by atoms with E-state index in [4.69, 9.17) is 4.42 Å². The summed E-state index contributed by atoms with van der Waals surface area (Å²) in [5.74, 6) is 0.480. The first kappa shape index (κ1) is 8.61. The molecule has 3 rings (SSSR count). The van der Waals surface area contributed by atoms with E-state index in [1.165, 1.54) is 23.5 Å². The van der Waals surface area contributed by atoms with Crippen molar-refractivity contribution in [3.05, 3.63) is 42.4 Å². The third kappa shape index (κ3) is 1.43. The number of hydrogen-bond donors (Lipinski definition) is 0. The maximum Gasteiger partial charge on any atom is 0.162 e. The van der Waals surface area contributed by atoms with E-state index >= 15 is 0 Å². The van der Waals surface area contributed by atoms with Crippen LogP contribution in [0.25, 0.3) is 21.0 Å². The highest BCUT2D eigenvalue weighted by Crippen LogP contribution is 2.30. The summed E-state index contributed by atoms with van der Waals surface area (Å²) in [4.78, 5) is 4.35. The monoisotopic (exact) mass is 219 g/mol. The van der Waals surface area contributed by atoms with Crippen LogP contribution in [-0.2, 0) is 0 Å². The van der Waals surface area contributed by atoms with E-state index in [2.05, 4.69) is 4.98 Å². The second-order valence-corrected chi connectivity index (χ2v) is 4.14. The van der Waals surface area contributed by atoms with Gasteiger partial charge < -0.3 is 4.42 Å². The van der Waals surface area contributed by atoms with Crippen molar-refractivity contribution in [3.8, 4) is 10.8 Å². The molecule has 0 saturated heterocycles. The molecular formula is C11H6FNOS. The lowest BCUT2D eigenvalue weighted by Gasteiger charge is -1.85. The van der Waals surface area contributed by atoms with Gasteiger partial charge in [-0.05, 0) is 30.3 Å². The van der Waals surface area contributed by atoms with E-state index in [1.54, 1.807) is 12.3 Å². The third-order valence-corrected chi connectivity index (χ3v) is 3.12. The molecule has 1 aromatic carbocycles. The molecule has 15 heavy (non-hydrogen) atoms. The molecule has 0 saturated carbocycles. The Morgan fingerprint density at radius 3 is 3.00 bits per heavy atom. The molecule has 0 aliphatic heterocycles. The molecule has 0 fully saturated rings. The van der Waals surface area contributed by atoms with Crippen molar-refractivity contribution in [1.82, 2.24) is 4.98 Å². The topological polar surface area (TPSA) is 26.0 Å². The number of halogens is 1. The van der Waals surface area contributed by atoms with Gasteiger partial charge in [0.25, 0.3) is 0 Å². The first-order valence-corrected chi connectivity index (χ1v) is 5.24. The molecule has 0 spiro atoms. The normalized spacial score (nSPS) is 11.0. The molecule has 0 aliphatic carbocycles. The van der Waals surface area contributed by atoms with Gasteiger partial charge in [0.15, 0.2) is 10.8 Å². The molecule has 3 aromatic rings. The van der Waals surface area contributed by atoms with Crippen LogP contribution in [0.5, 0.6) is 0 Å². The lowest BCUT2D eigenvalue weighted by atomic mass is 10.3. The SMILES string of the molecule is Fc1ccc2nc(-c3ccco3)sc2c1. The molecule has 0 atom stereocenters. The van der Waals surface area contributed by atoms with Crippen LogP contribution in [0.4, 0.5) is 4.39 Å². The molecule has 2 aromatic heterocycles. The minimum atomic E-state index is -0.239. The fourth-order valence-electron chi connectivity index (χ4n) is 1.40. The van der Waals surface area contributed by atoms with Gasteiger partial charge >= 0.3 is 0 Å². The van der Waals surface area contributed by atoms with Crippen LogP contribution in [0.1, 0.15) is 0 Å². The van der Waals surface area contributed by atoms with Crippen LogP contribution >= 0.6 is 11.3 Å². The van der Waals surface area contributed by atoms with Crippen molar-refractivity contribution in [2.75, 3.05) is 0 Å². The smallest absolute Gasteiger partial charge is 0.162 e. The molecule has 0 radical (unpaired) electrons. The summed E-state index contributed by atoms with van der Waals surface area (Å²) < 4.78 is 19.0. The predicted molar refractivity (Wildman–Crippen MR) is 57.3 cm³/mol. The Balaban J connectivity index is 2.22. The van der Waals surface area contributed by atoms with Crippen LogP contribution in [-0.4, -0.2) is 4.98 Å². The summed E-state index contributed by atoms with van der Waals surface area (Å²) in [6.45, 7) is 0. The zero-order valence-electron chi connectivity index (χ0n) is 7.61. The highest BCUT2D eigenvalue weighted by molar-refractivity contribution is 7.21. The Bertz CT molecular complexity index is 600. The molecule has 2 nitrogen and oxygen atoms in total. The van der Waals surface area contributed by atoms with Gasteiger partial charge in [0.1, 0.15) is 5.82 Å². The highest BCUT2D eigenvalue weighted by atomic mass is 32.1. The maximum atomic E-state index is 12.9. The summed E-state index contributed by atoms with van der Waals surface area (Å²) >= 11 is 1.42. The average molecular weight is 219 g/mol. The van der Waals surface area contributed by atoms with Gasteiger partial charge in [0.05, 0.1) is 16.5 Å². The quantitative estimate of drug-likeness (QED) is 0.623. The Hall–Kier alpha value is -1.68. The molecule has 0 unspecified atom stereocenters. The Kier molecular flexibility index (Phi) is 1.82. The summed E-state index contributed by atoms with van der Waals surface area (Å²) in [5.41, 5.74) is 0.799. The van der Waals surface area contributed by atoms with Crippen molar-refractivity contribution in [2.45, 2.75) is 0 Å². The van der Waals surface area contributed by atoms with E-state index in [-0.39, 0.29) is 5.82 Å². The number of aromatic nitrogens is 1. The molecule has 0 aliphatic rings. The summed E-state index contributed by atoms with van der Waals surface area (Å²) in [6.07, 6.45) is 1.60. The first-order valence-electron chi connectivity index (χ1n) is 4.43. The van der Waals surface area contributed by atoms with Crippen LogP contribution in [0.15, 0.2) is 41.0 Å². The highest BCUT2D eigenvalue weighted by Gasteiger charge is 2.08. The van der Waals surface area contributed by atoms with E-state index < -0.39 is 0 Å². The summed E-state index contributed by atoms with van der Waals surface area (Å²) in [7, 11) is 0. The minimum absolute atomic E-state index is 0.239. The number of thiazole rings is 1. The van der Waals surface area contributed by atoms with Crippen molar-refractivity contribution >= 4 is 21.6 Å². The fraction of sp³-hybridized carbons (Fsp3) is 0. The standard InChI is InChI=1S/C11H6FNOS/c12-7-3-4-8-10(6-7)15-11(13-8)9-2-1-5-14-9/h1-6H. The molecule has 4 heteroatoms. The van der Waals surface area contributed by atoms with Gasteiger partial charge in [-0.25, -0.2) is 9.37 Å². The average Bonchev–Trinajstić information content (AvgIpc) is 2.84. The number of fused-ring (bicyclic) bond motifs is 1. The second kappa shape index (κ2) is 3.17. The van der Waals surface area contributed by atoms with Crippen LogP contribution in [0.2, 0.25) is 0 Å². The molecule has 0 amide bonds. The number of hydrogen-bond acceptors (Lipinski definition) is 3. The zero-order valence-corrected chi connectivity index (χ0v) is 8.42. The molecule has 0 N–H and O–H groups in total. The van der Waals surface area contributed by atoms with Gasteiger partial charge in [0, 0.05) is 0 Å². The largest absolute Gasteiger partial charge is 0.462 e. The van der Waals surface area contributed by atoms with Gasteiger partial charge in [0.2, 0.25) is 0 Å². The summed E-state index contributed by atoms with van der Waals surface area (Å²) in [5, 5.41) is 0.778. The second-order valence-electron chi connectivity index (χ2n) is 3.11. The van der Waals surface area contributed by atoms with Crippen LogP contribution in [0, 0.1) is 5.82 Å². The lowest BCUT2D eigenvalue weighted by molar-refractivity contribution is 0.582. The number of nitrogens with zero attached hydrogens (tertiary/aromatic N) is 1. The third-order valence-electron chi connectivity index (χ3n) is 2.08. The summed E-state index contributed by atoms with van der Waals surface area (Å²) in [6, 6.07) is 8.22. The number of furan rings is 1. The van der Waals surface area contributed by atoms with Gasteiger partial charge in [-0.3, -0.25) is 0 Å². The van der Waals surface area contributed by atoms with E-state index in [0.717, 1.165) is 21.0 Å². The Morgan fingerprint density at radius 2 is 2.20 bits per heavy atom. The minimum Gasteiger partial charge on any atom is -0.462 e. The van der Waals surface area contributed by atoms with Crippen molar-refractivity contribution in [3.63, 3.8) is 0 Å². The van der Waals surface area contributed by atoms with Crippen molar-refractivity contribution in [1.29, 1.82) is 0 Å². The molecule has 0 bridgehead atoms. The van der Waals surface area contributed by atoms with Gasteiger partial charge in [-0.1, -0.05) is 0 Å². The predicted octanol–water partition coefficient (Wildman–Crippen LogP) is 3.70. The Labute approximate surface area is 89.0 Å². The van der Waals surface area contributed by atoms with Crippen LogP contribution in [0.3, 0.4) is 0 Å². The van der Waals surface area contributed by atoms with E-state index in [0.29, 0.717) is 0 Å². The first-order chi connectivity index (χ1) is 7.33. The van der Waals surface area contributed by atoms with Gasteiger partial charge in [-0.15, -0.1) is 11.3 Å². The number of rotatable bonds is 1. The van der Waals surface area contributed by atoms with Crippen molar-refractivity contribution < 1.29 is 8.81 Å². The van der Waals surface area contributed by atoms with E-state index in [1.807, 2.05) is 12.1 Å². The zero-order chi connectivity index (χ0) is 10.3.